The van der Waals surface area contributed by atoms with Gasteiger partial charge in [-0.25, -0.2) is 0 Å². The number of para-hydroxylation sites is 1. The molecule has 1 aromatic carbocycles. The van der Waals surface area contributed by atoms with Gasteiger partial charge in [0, 0.05) is 0 Å². The first kappa shape index (κ1) is 12.1. The van der Waals surface area contributed by atoms with Crippen LogP contribution in [0.15, 0.2) is 30.3 Å². The van der Waals surface area contributed by atoms with Crippen molar-refractivity contribution in [3.05, 3.63) is 30.3 Å². The minimum atomic E-state index is -5.63. The van der Waals surface area contributed by atoms with E-state index in [2.05, 4.69) is 3.10 Å². The molecule has 0 radical (unpaired) electrons. The molecule has 0 aliphatic carbocycles. The first-order valence-electron chi connectivity index (χ1n) is 2.78. The van der Waals surface area contributed by atoms with E-state index in [0.717, 1.165) is 0 Å². The minimum Gasteiger partial charge on any atom is 1.00 e. The Morgan fingerprint density at radius 1 is 1.17 bits per heavy atom. The maximum absolute atomic E-state index is 10.1. The van der Waals surface area contributed by atoms with E-state index in [1.807, 2.05) is 0 Å². The van der Waals surface area contributed by atoms with Gasteiger partial charge in [0.15, 0.2) is 0 Å². The first-order chi connectivity index (χ1) is 5.08. The third-order valence-corrected chi connectivity index (χ3v) is 2.07. The molecule has 0 fully saturated rings. The SMILES string of the molecule is O=[Te](=O)([O-])Oc1ccccc1.[Ag+]. The quantitative estimate of drug-likeness (QED) is 0.666. The van der Waals surface area contributed by atoms with Crippen LogP contribution in [0.25, 0.3) is 0 Å². The summed E-state index contributed by atoms with van der Waals surface area (Å²) in [6.45, 7) is 0. The second kappa shape index (κ2) is 4.97. The number of hydrogen-bond donors (Lipinski definition) is 0. The van der Waals surface area contributed by atoms with E-state index in [4.69, 9.17) is 0 Å². The zero-order valence-electron chi connectivity index (χ0n) is 5.73. The summed E-state index contributed by atoms with van der Waals surface area (Å²) < 4.78 is 34.5. The van der Waals surface area contributed by atoms with Crippen molar-refractivity contribution in [2.24, 2.45) is 0 Å². The molecule has 0 atom stereocenters. The molecular formula is C6H5AgO4Te. The molecule has 70 valence electrons. The second-order valence-electron chi connectivity index (χ2n) is 1.80. The van der Waals surface area contributed by atoms with E-state index in [9.17, 15) is 9.68 Å². The second-order valence-corrected chi connectivity index (χ2v) is 4.61. The topological polar surface area (TPSA) is 66.4 Å². The first-order valence-corrected chi connectivity index (χ1v) is 6.59. The molecule has 0 amide bonds. The fraction of sp³-hybridized carbons (Fsp3) is 0. The third-order valence-electron chi connectivity index (χ3n) is 0.941. The predicted octanol–water partition coefficient (Wildman–Crippen LogP) is -0.280. The van der Waals surface area contributed by atoms with Crippen molar-refractivity contribution < 1.29 is 35.2 Å². The van der Waals surface area contributed by atoms with Crippen LogP contribution >= 0.6 is 0 Å². The molecule has 0 unspecified atom stereocenters. The van der Waals surface area contributed by atoms with Crippen LogP contribution in [0, 0.1) is 0 Å². The van der Waals surface area contributed by atoms with Gasteiger partial charge in [0.2, 0.25) is 0 Å². The molecule has 0 spiro atoms. The van der Waals surface area contributed by atoms with Crippen molar-refractivity contribution in [3.8, 4) is 5.75 Å². The largest absolute Gasteiger partial charge is 1.00 e. The average Bonchev–Trinajstić information content (AvgIpc) is 1.85. The summed E-state index contributed by atoms with van der Waals surface area (Å²) in [5, 5.41) is 0. The van der Waals surface area contributed by atoms with Gasteiger partial charge in [-0.3, -0.25) is 0 Å². The van der Waals surface area contributed by atoms with E-state index < -0.39 is 19.0 Å². The van der Waals surface area contributed by atoms with Gasteiger partial charge in [0.05, 0.1) is 0 Å². The van der Waals surface area contributed by atoms with E-state index >= 15 is 0 Å². The summed E-state index contributed by atoms with van der Waals surface area (Å²) in [4.78, 5) is 0. The molecule has 1 aromatic rings. The van der Waals surface area contributed by atoms with Gasteiger partial charge in [0.25, 0.3) is 0 Å². The Morgan fingerprint density at radius 3 is 2.08 bits per heavy atom. The fourth-order valence-electron chi connectivity index (χ4n) is 0.594. The minimum absolute atomic E-state index is 0. The Labute approximate surface area is 89.7 Å². The number of benzene rings is 1. The van der Waals surface area contributed by atoms with Gasteiger partial charge in [-0.05, 0) is 0 Å². The number of hydrogen-bond acceptors (Lipinski definition) is 4. The van der Waals surface area contributed by atoms with Crippen molar-refractivity contribution in [1.82, 2.24) is 0 Å². The Kier molecular flexibility index (Phi) is 5.02. The van der Waals surface area contributed by atoms with Gasteiger partial charge >= 0.3 is 90.2 Å². The van der Waals surface area contributed by atoms with Crippen LogP contribution in [0.2, 0.25) is 0 Å². The number of rotatable bonds is 2. The third kappa shape index (κ3) is 4.88. The average molecular weight is 377 g/mol. The standard InChI is InChI=1S/C6H6O4Te.Ag/c7-11(8,9)10-6-4-2-1-3-5-6;/h1-5H,(H,7,8,9);/q;+1/p-1. The molecule has 0 heterocycles. The molecule has 6 heteroatoms. The van der Waals surface area contributed by atoms with Gasteiger partial charge in [0.1, 0.15) is 0 Å². The molecule has 0 bridgehead atoms. The van der Waals surface area contributed by atoms with Crippen LogP contribution in [-0.4, -0.2) is 19.0 Å². The maximum atomic E-state index is 10.1. The van der Waals surface area contributed by atoms with E-state index in [1.165, 1.54) is 12.1 Å². The van der Waals surface area contributed by atoms with Gasteiger partial charge in [-0.1, -0.05) is 0 Å². The van der Waals surface area contributed by atoms with Crippen LogP contribution in [0.1, 0.15) is 0 Å². The van der Waals surface area contributed by atoms with Crippen LogP contribution in [-0.2, 0) is 28.6 Å². The molecule has 0 aromatic heterocycles. The van der Waals surface area contributed by atoms with Crippen LogP contribution in [0.5, 0.6) is 5.75 Å². The molecule has 12 heavy (non-hydrogen) atoms. The molecule has 0 aliphatic heterocycles. The van der Waals surface area contributed by atoms with E-state index in [1.54, 1.807) is 18.2 Å². The summed E-state index contributed by atoms with van der Waals surface area (Å²) in [5.74, 6) is 0.0775. The fourth-order valence-corrected chi connectivity index (χ4v) is 1.58. The van der Waals surface area contributed by atoms with E-state index in [0.29, 0.717) is 0 Å². The Balaban J connectivity index is 0.00000121. The summed E-state index contributed by atoms with van der Waals surface area (Å²) in [6, 6.07) is 7.69. The van der Waals surface area contributed by atoms with E-state index in [-0.39, 0.29) is 28.1 Å². The van der Waals surface area contributed by atoms with Crippen molar-refractivity contribution in [2.75, 3.05) is 0 Å². The predicted molar refractivity (Wildman–Crippen MR) is 34.2 cm³/mol. The summed E-state index contributed by atoms with van der Waals surface area (Å²) in [6.07, 6.45) is 0. The van der Waals surface area contributed by atoms with Crippen LogP contribution in [0.4, 0.5) is 0 Å². The summed E-state index contributed by atoms with van der Waals surface area (Å²) in [7, 11) is 0. The Morgan fingerprint density at radius 2 is 1.67 bits per heavy atom. The smallest absolute Gasteiger partial charge is 1.00 e. The molecule has 0 aliphatic rings. The van der Waals surface area contributed by atoms with Gasteiger partial charge in [-0.2, -0.15) is 0 Å². The normalized spacial score (nSPS) is 10.1. The van der Waals surface area contributed by atoms with Gasteiger partial charge < -0.3 is 0 Å². The zero-order chi connectivity index (χ0) is 8.32. The maximum Gasteiger partial charge on any atom is 1.00 e. The van der Waals surface area contributed by atoms with Crippen molar-refractivity contribution >= 4 is 19.0 Å². The monoisotopic (exact) mass is 378 g/mol. The summed E-state index contributed by atoms with van der Waals surface area (Å²) >= 11 is -5.63. The Bertz CT molecular complexity index is 321. The molecular weight excluding hydrogens is 372 g/mol. The van der Waals surface area contributed by atoms with Crippen LogP contribution < -0.4 is 6.57 Å². The molecule has 0 saturated heterocycles. The Hall–Kier alpha value is 0.110. The molecule has 4 nitrogen and oxygen atoms in total. The zero-order valence-corrected chi connectivity index (χ0v) is 9.54. The van der Waals surface area contributed by atoms with Crippen molar-refractivity contribution in [3.63, 3.8) is 0 Å². The van der Waals surface area contributed by atoms with Crippen LogP contribution in [0.3, 0.4) is 0 Å². The van der Waals surface area contributed by atoms with Crippen molar-refractivity contribution in [2.45, 2.75) is 0 Å². The molecule has 1 rings (SSSR count). The molecule has 0 saturated carbocycles. The molecule has 0 N–H and O–H groups in total. The van der Waals surface area contributed by atoms with Gasteiger partial charge in [-0.15, -0.1) is 0 Å². The summed E-state index contributed by atoms with van der Waals surface area (Å²) in [5.41, 5.74) is 0. The van der Waals surface area contributed by atoms with Crippen molar-refractivity contribution in [1.29, 1.82) is 0 Å².